The predicted octanol–water partition coefficient (Wildman–Crippen LogP) is 2.45. The molecule has 1 aliphatic heterocycles. The van der Waals surface area contributed by atoms with Crippen LogP contribution < -0.4 is 20.7 Å². The summed E-state index contributed by atoms with van der Waals surface area (Å²) in [4.78, 5) is 4.09. The molecular formula is C15H16ClN3O2. The van der Waals surface area contributed by atoms with Crippen molar-refractivity contribution in [1.29, 1.82) is 0 Å². The molecule has 0 radical (unpaired) electrons. The van der Waals surface area contributed by atoms with Crippen LogP contribution in [-0.2, 0) is 0 Å². The maximum absolute atomic E-state index is 5.82. The van der Waals surface area contributed by atoms with Gasteiger partial charge in [-0.1, -0.05) is 23.7 Å². The monoisotopic (exact) mass is 305 g/mol. The van der Waals surface area contributed by atoms with Crippen molar-refractivity contribution in [3.05, 3.63) is 52.8 Å². The summed E-state index contributed by atoms with van der Waals surface area (Å²) in [5.74, 6) is 7.21. The van der Waals surface area contributed by atoms with Crippen molar-refractivity contribution in [2.75, 3.05) is 13.2 Å². The second-order valence-electron chi connectivity index (χ2n) is 4.77. The molecule has 5 nitrogen and oxygen atoms in total. The number of rotatable bonds is 3. The summed E-state index contributed by atoms with van der Waals surface area (Å²) in [6.07, 6.45) is 2.58. The quantitative estimate of drug-likeness (QED) is 0.518. The molecule has 1 unspecified atom stereocenters. The zero-order valence-electron chi connectivity index (χ0n) is 11.4. The number of pyridine rings is 1. The van der Waals surface area contributed by atoms with E-state index in [2.05, 4.69) is 10.4 Å². The second kappa shape index (κ2) is 6.30. The third-order valence-corrected chi connectivity index (χ3v) is 3.58. The number of nitrogens with zero attached hydrogens (tertiary/aromatic N) is 1. The van der Waals surface area contributed by atoms with Crippen LogP contribution >= 0.6 is 11.6 Å². The van der Waals surface area contributed by atoms with E-state index in [1.54, 1.807) is 12.3 Å². The van der Waals surface area contributed by atoms with Crippen LogP contribution in [0.4, 0.5) is 0 Å². The number of halogens is 1. The molecule has 0 amide bonds. The van der Waals surface area contributed by atoms with Crippen molar-refractivity contribution in [2.24, 2.45) is 5.84 Å². The Morgan fingerprint density at radius 2 is 1.86 bits per heavy atom. The first kappa shape index (κ1) is 14.1. The number of hydrogen-bond donors (Lipinski definition) is 2. The molecule has 0 aliphatic carbocycles. The van der Waals surface area contributed by atoms with Crippen LogP contribution in [0.1, 0.15) is 23.6 Å². The van der Waals surface area contributed by atoms with Crippen molar-refractivity contribution >= 4 is 11.6 Å². The lowest BCUT2D eigenvalue weighted by molar-refractivity contribution is 0.297. The van der Waals surface area contributed by atoms with Crippen LogP contribution in [0.15, 0.2) is 36.5 Å². The molecule has 1 atom stereocenters. The first-order valence-corrected chi connectivity index (χ1v) is 7.13. The normalized spacial score (nSPS) is 15.3. The van der Waals surface area contributed by atoms with Gasteiger partial charge in [-0.2, -0.15) is 0 Å². The number of hydrogen-bond acceptors (Lipinski definition) is 5. The Morgan fingerprint density at radius 1 is 1.10 bits per heavy atom. The zero-order valence-corrected chi connectivity index (χ0v) is 12.1. The fourth-order valence-electron chi connectivity index (χ4n) is 2.30. The fourth-order valence-corrected chi connectivity index (χ4v) is 2.41. The molecule has 0 saturated carbocycles. The lowest BCUT2D eigenvalue weighted by Gasteiger charge is -2.18. The van der Waals surface area contributed by atoms with Crippen LogP contribution in [0.3, 0.4) is 0 Å². The average molecular weight is 306 g/mol. The van der Waals surface area contributed by atoms with Crippen molar-refractivity contribution in [3.8, 4) is 11.5 Å². The Bertz CT molecular complexity index is 619. The smallest absolute Gasteiger partial charge is 0.161 e. The molecule has 1 aromatic heterocycles. The van der Waals surface area contributed by atoms with Crippen LogP contribution in [0.25, 0.3) is 0 Å². The van der Waals surface area contributed by atoms with E-state index in [9.17, 15) is 0 Å². The highest BCUT2D eigenvalue weighted by Gasteiger charge is 2.17. The Hall–Kier alpha value is -1.82. The van der Waals surface area contributed by atoms with Crippen LogP contribution in [0.2, 0.25) is 5.15 Å². The molecule has 3 rings (SSSR count). The van der Waals surface area contributed by atoms with Crippen LogP contribution in [0.5, 0.6) is 11.5 Å². The number of benzene rings is 1. The van der Waals surface area contributed by atoms with Crippen molar-refractivity contribution < 1.29 is 9.47 Å². The first-order valence-electron chi connectivity index (χ1n) is 6.75. The fraction of sp³-hybridized carbons (Fsp3) is 0.267. The van der Waals surface area contributed by atoms with Gasteiger partial charge in [0.1, 0.15) is 5.15 Å². The van der Waals surface area contributed by atoms with Gasteiger partial charge in [-0.15, -0.1) is 0 Å². The van der Waals surface area contributed by atoms with E-state index in [0.717, 1.165) is 29.0 Å². The maximum atomic E-state index is 5.82. The van der Waals surface area contributed by atoms with Gasteiger partial charge in [-0.25, -0.2) is 10.4 Å². The Balaban J connectivity index is 1.93. The van der Waals surface area contributed by atoms with E-state index < -0.39 is 0 Å². The SMILES string of the molecule is NNC(c1ccc(Cl)nc1)c1ccc2c(c1)OCCCO2. The number of ether oxygens (including phenoxy) is 2. The van der Waals surface area contributed by atoms with E-state index >= 15 is 0 Å². The minimum Gasteiger partial charge on any atom is -0.490 e. The van der Waals surface area contributed by atoms with E-state index in [-0.39, 0.29) is 6.04 Å². The van der Waals surface area contributed by atoms with Crippen molar-refractivity contribution in [2.45, 2.75) is 12.5 Å². The number of aromatic nitrogens is 1. The van der Waals surface area contributed by atoms with E-state index in [1.165, 1.54) is 0 Å². The van der Waals surface area contributed by atoms with Gasteiger partial charge in [-0.3, -0.25) is 5.84 Å². The molecule has 3 N–H and O–H groups in total. The lowest BCUT2D eigenvalue weighted by Crippen LogP contribution is -2.28. The average Bonchev–Trinajstić information content (AvgIpc) is 2.75. The molecule has 0 saturated heterocycles. The standard InChI is InChI=1S/C15H16ClN3O2/c16-14-5-3-11(9-18-14)15(19-17)10-2-4-12-13(8-10)21-7-1-6-20-12/h2-5,8-9,15,19H,1,6-7,17H2. The highest BCUT2D eigenvalue weighted by molar-refractivity contribution is 6.29. The van der Waals surface area contributed by atoms with Gasteiger partial charge in [0.25, 0.3) is 0 Å². The van der Waals surface area contributed by atoms with Crippen LogP contribution in [0, 0.1) is 0 Å². The Kier molecular flexibility index (Phi) is 4.24. The topological polar surface area (TPSA) is 69.4 Å². The molecule has 0 fully saturated rings. The largest absolute Gasteiger partial charge is 0.490 e. The molecule has 1 aliphatic rings. The van der Waals surface area contributed by atoms with Gasteiger partial charge < -0.3 is 9.47 Å². The van der Waals surface area contributed by atoms with Gasteiger partial charge in [0.05, 0.1) is 19.3 Å². The minimum absolute atomic E-state index is 0.188. The number of fused-ring (bicyclic) bond motifs is 1. The molecular weight excluding hydrogens is 290 g/mol. The summed E-state index contributed by atoms with van der Waals surface area (Å²) in [5, 5.41) is 0.452. The van der Waals surface area contributed by atoms with Gasteiger partial charge in [0.15, 0.2) is 11.5 Å². The molecule has 21 heavy (non-hydrogen) atoms. The van der Waals surface area contributed by atoms with Gasteiger partial charge in [-0.05, 0) is 29.3 Å². The highest BCUT2D eigenvalue weighted by atomic mass is 35.5. The first-order chi connectivity index (χ1) is 10.3. The predicted molar refractivity (Wildman–Crippen MR) is 80.5 cm³/mol. The van der Waals surface area contributed by atoms with E-state index in [4.69, 9.17) is 26.9 Å². The molecule has 2 heterocycles. The van der Waals surface area contributed by atoms with Gasteiger partial charge >= 0.3 is 0 Å². The molecule has 2 aromatic rings. The summed E-state index contributed by atoms with van der Waals surface area (Å²) < 4.78 is 11.3. The maximum Gasteiger partial charge on any atom is 0.161 e. The van der Waals surface area contributed by atoms with Crippen molar-refractivity contribution in [3.63, 3.8) is 0 Å². The number of nitrogens with one attached hydrogen (secondary N) is 1. The summed E-state index contributed by atoms with van der Waals surface area (Å²) >= 11 is 5.82. The third-order valence-electron chi connectivity index (χ3n) is 3.36. The third kappa shape index (κ3) is 3.10. The summed E-state index contributed by atoms with van der Waals surface area (Å²) in [6.45, 7) is 1.33. The molecule has 110 valence electrons. The summed E-state index contributed by atoms with van der Waals surface area (Å²) in [6, 6.07) is 9.26. The minimum atomic E-state index is -0.188. The van der Waals surface area contributed by atoms with Gasteiger partial charge in [0, 0.05) is 12.6 Å². The molecule has 1 aromatic carbocycles. The Morgan fingerprint density at radius 3 is 2.57 bits per heavy atom. The zero-order chi connectivity index (χ0) is 14.7. The van der Waals surface area contributed by atoms with E-state index in [0.29, 0.717) is 18.4 Å². The summed E-state index contributed by atoms with van der Waals surface area (Å²) in [5.41, 5.74) is 4.70. The summed E-state index contributed by atoms with van der Waals surface area (Å²) in [7, 11) is 0. The lowest BCUT2D eigenvalue weighted by atomic mass is 10.0. The molecule has 0 bridgehead atoms. The molecule has 0 spiro atoms. The highest BCUT2D eigenvalue weighted by Crippen LogP contribution is 2.33. The van der Waals surface area contributed by atoms with Crippen molar-refractivity contribution in [1.82, 2.24) is 10.4 Å². The van der Waals surface area contributed by atoms with Gasteiger partial charge in [0.2, 0.25) is 0 Å². The van der Waals surface area contributed by atoms with E-state index in [1.807, 2.05) is 24.3 Å². The number of hydrazine groups is 1. The van der Waals surface area contributed by atoms with Crippen LogP contribution in [-0.4, -0.2) is 18.2 Å². The number of nitrogens with two attached hydrogens (primary N) is 1. The molecule has 6 heteroatoms. The second-order valence-corrected chi connectivity index (χ2v) is 5.16. The Labute approximate surface area is 128 Å².